The van der Waals surface area contributed by atoms with Gasteiger partial charge in [-0.05, 0) is 44.7 Å². The quantitative estimate of drug-likeness (QED) is 0.116. The highest BCUT2D eigenvalue weighted by Gasteiger charge is 2.22. The lowest BCUT2D eigenvalue weighted by atomic mass is 10.2. The van der Waals surface area contributed by atoms with Gasteiger partial charge >= 0.3 is 6.09 Å². The number of carbonyl (C=O) groups excluding carboxylic acids is 6. The molecule has 0 radical (unpaired) electrons. The second kappa shape index (κ2) is 18.9. The number of benzene rings is 1. The van der Waals surface area contributed by atoms with Crippen LogP contribution in [0.4, 0.5) is 10.5 Å². The Labute approximate surface area is 258 Å². The zero-order valence-corrected chi connectivity index (χ0v) is 26.7. The number of hydrogen-bond acceptors (Lipinski definition) is 8. The lowest BCUT2D eigenvalue weighted by molar-refractivity contribution is -0.862. The van der Waals surface area contributed by atoms with Crippen molar-refractivity contribution in [1.82, 2.24) is 26.2 Å². The van der Waals surface area contributed by atoms with E-state index in [1.807, 2.05) is 21.1 Å². The summed E-state index contributed by atoms with van der Waals surface area (Å²) in [5.74, 6) is -1.67. The van der Waals surface area contributed by atoms with E-state index in [0.717, 1.165) is 0 Å². The van der Waals surface area contributed by atoms with Crippen LogP contribution in [-0.4, -0.2) is 124 Å². The molecule has 0 spiro atoms. The highest BCUT2D eigenvalue weighted by atomic mass is 16.5. The maximum Gasteiger partial charge on any atom is 0.407 e. The second-order valence-electron chi connectivity index (χ2n) is 11.1. The number of ether oxygens (including phenoxy) is 1. The van der Waals surface area contributed by atoms with Crippen LogP contribution in [0.1, 0.15) is 33.3 Å². The Kier molecular flexibility index (Phi) is 16.1. The molecule has 2 unspecified atom stereocenters. The van der Waals surface area contributed by atoms with Crippen LogP contribution in [-0.2, 0) is 35.3 Å². The highest BCUT2D eigenvalue weighted by molar-refractivity contribution is 5.98. The molecule has 2 atom stereocenters. The number of hydrogen-bond donors (Lipinski definition) is 5. The maximum absolute atomic E-state index is 12.7. The largest absolute Gasteiger partial charge is 0.445 e. The minimum Gasteiger partial charge on any atom is -0.445 e. The minimum absolute atomic E-state index is 0.0215. The Morgan fingerprint density at radius 1 is 0.909 bits per heavy atom. The van der Waals surface area contributed by atoms with Gasteiger partial charge in [-0.2, -0.15) is 0 Å². The van der Waals surface area contributed by atoms with Gasteiger partial charge in [-0.15, -0.1) is 0 Å². The summed E-state index contributed by atoms with van der Waals surface area (Å²) in [5.41, 5.74) is 1.15. The van der Waals surface area contributed by atoms with Crippen LogP contribution in [0, 0.1) is 0 Å². The van der Waals surface area contributed by atoms with Gasteiger partial charge < -0.3 is 40.7 Å². The molecule has 1 rings (SSSR count). The van der Waals surface area contributed by atoms with Crippen LogP contribution in [0.15, 0.2) is 29.3 Å². The molecule has 1 aromatic rings. The van der Waals surface area contributed by atoms with Gasteiger partial charge in [-0.1, -0.05) is 12.1 Å². The molecule has 0 aliphatic rings. The Bertz CT molecular complexity index is 1170. The summed E-state index contributed by atoms with van der Waals surface area (Å²) in [4.78, 5) is 78.0. The lowest BCUT2D eigenvalue weighted by Gasteiger charge is -2.28. The zero-order valence-electron chi connectivity index (χ0n) is 26.7. The smallest absolute Gasteiger partial charge is 0.407 e. The molecule has 44 heavy (non-hydrogen) atoms. The fourth-order valence-corrected chi connectivity index (χ4v) is 3.59. The molecule has 0 fully saturated rings. The predicted octanol–water partition coefficient (Wildman–Crippen LogP) is -0.378. The molecule has 244 valence electrons. The fourth-order valence-electron chi connectivity index (χ4n) is 3.59. The number of carbonyl (C=O) groups is 6. The number of alkyl carbamates (subject to hydrolysis) is 1. The van der Waals surface area contributed by atoms with E-state index in [9.17, 15) is 28.8 Å². The van der Waals surface area contributed by atoms with Gasteiger partial charge in [-0.3, -0.25) is 29.0 Å². The van der Waals surface area contributed by atoms with Crippen molar-refractivity contribution in [3.63, 3.8) is 0 Å². The van der Waals surface area contributed by atoms with E-state index >= 15 is 0 Å². The number of quaternary nitrogens is 1. The highest BCUT2D eigenvalue weighted by Crippen LogP contribution is 2.11. The van der Waals surface area contributed by atoms with Gasteiger partial charge in [-0.25, -0.2) is 4.79 Å². The summed E-state index contributed by atoms with van der Waals surface area (Å²) in [6.45, 7) is 7.31. The average Bonchev–Trinajstić information content (AvgIpc) is 2.93. The number of rotatable bonds is 17. The minimum atomic E-state index is -0.869. The summed E-state index contributed by atoms with van der Waals surface area (Å²) < 4.78 is 5.70. The van der Waals surface area contributed by atoms with Crippen LogP contribution >= 0.6 is 0 Å². The van der Waals surface area contributed by atoms with Gasteiger partial charge in [0.25, 0.3) is 5.91 Å². The average molecular weight is 620 g/mol. The summed E-state index contributed by atoms with van der Waals surface area (Å²) in [6, 6.07) is 4.90. The molecule has 0 aliphatic carbocycles. The van der Waals surface area contributed by atoms with E-state index in [1.54, 1.807) is 36.1 Å². The lowest BCUT2D eigenvalue weighted by Crippen LogP contribution is -2.50. The molecule has 0 bridgehead atoms. The number of nitrogens with zero attached hydrogens (tertiary/aromatic N) is 3. The predicted molar refractivity (Wildman–Crippen MR) is 166 cm³/mol. The zero-order chi connectivity index (χ0) is 33.3. The standard InChI is InChI=1S/C29H46N8O7/c1-8-30-17-25(39)33-20(2)27(41)34-21(3)28(42)35-24-11-9-23(10-12-24)19-44-29(43)32-14-16-36(15-13-31-22(4)38)26(40)18-37(5,6)7/h8-12,20-21H,13-19H2,1-7H3,(H4-,31,32,33,34,35,38,39,41,42,43)/p+1. The van der Waals surface area contributed by atoms with Crippen molar-refractivity contribution in [2.45, 2.75) is 46.4 Å². The monoisotopic (exact) mass is 619 g/mol. The van der Waals surface area contributed by atoms with Gasteiger partial charge in [0.05, 0.1) is 21.1 Å². The van der Waals surface area contributed by atoms with Crippen molar-refractivity contribution in [3.8, 4) is 0 Å². The number of anilines is 1. The third-order valence-electron chi connectivity index (χ3n) is 5.90. The van der Waals surface area contributed by atoms with E-state index in [4.69, 9.17) is 4.74 Å². The number of likely N-dealkylation sites (N-methyl/N-ethyl adjacent to an activating group) is 1. The van der Waals surface area contributed by atoms with Crippen LogP contribution in [0.3, 0.4) is 0 Å². The molecule has 6 amide bonds. The summed E-state index contributed by atoms with van der Waals surface area (Å²) in [5, 5.41) is 13.0. The van der Waals surface area contributed by atoms with Crippen molar-refractivity contribution >= 4 is 47.5 Å². The van der Waals surface area contributed by atoms with Crippen molar-refractivity contribution in [1.29, 1.82) is 0 Å². The molecular formula is C29H47N8O7+. The Balaban J connectivity index is 2.50. The van der Waals surface area contributed by atoms with E-state index in [1.165, 1.54) is 27.0 Å². The van der Waals surface area contributed by atoms with E-state index in [2.05, 4.69) is 31.6 Å². The maximum atomic E-state index is 12.7. The molecule has 0 heterocycles. The fraction of sp³-hybridized carbons (Fsp3) is 0.552. The van der Waals surface area contributed by atoms with Crippen molar-refractivity contribution in [2.24, 2.45) is 4.99 Å². The van der Waals surface area contributed by atoms with Crippen molar-refractivity contribution in [3.05, 3.63) is 29.8 Å². The van der Waals surface area contributed by atoms with Crippen molar-refractivity contribution < 1.29 is 38.0 Å². The van der Waals surface area contributed by atoms with Gasteiger partial charge in [0.2, 0.25) is 23.6 Å². The first-order valence-corrected chi connectivity index (χ1v) is 14.3. The first kappa shape index (κ1) is 37.5. The topological polar surface area (TPSA) is 187 Å². The molecule has 0 saturated carbocycles. The molecule has 0 saturated heterocycles. The van der Waals surface area contributed by atoms with Crippen LogP contribution < -0.4 is 26.6 Å². The van der Waals surface area contributed by atoms with E-state index < -0.39 is 35.9 Å². The molecule has 5 N–H and O–H groups in total. The third kappa shape index (κ3) is 16.2. The van der Waals surface area contributed by atoms with Gasteiger partial charge in [0, 0.05) is 38.8 Å². The van der Waals surface area contributed by atoms with Gasteiger partial charge in [0.1, 0.15) is 25.2 Å². The number of aliphatic imine (C=N–C) groups is 1. The summed E-state index contributed by atoms with van der Waals surface area (Å²) in [7, 11) is 5.70. The second-order valence-corrected chi connectivity index (χ2v) is 11.1. The normalized spacial score (nSPS) is 12.4. The first-order valence-electron chi connectivity index (χ1n) is 14.3. The van der Waals surface area contributed by atoms with Gasteiger partial charge in [0.15, 0.2) is 6.54 Å². The number of nitrogens with one attached hydrogen (secondary N) is 5. The Morgan fingerprint density at radius 3 is 2.07 bits per heavy atom. The van der Waals surface area contributed by atoms with E-state index in [0.29, 0.717) is 28.8 Å². The van der Waals surface area contributed by atoms with Crippen LogP contribution in [0.5, 0.6) is 0 Å². The molecule has 0 aromatic heterocycles. The van der Waals surface area contributed by atoms with E-state index in [-0.39, 0.29) is 44.6 Å². The first-order chi connectivity index (χ1) is 20.6. The molecule has 1 aromatic carbocycles. The van der Waals surface area contributed by atoms with Crippen LogP contribution in [0.2, 0.25) is 0 Å². The molecular weight excluding hydrogens is 572 g/mol. The molecule has 15 nitrogen and oxygen atoms in total. The SMILES string of the molecule is CC=NCC(=O)NC(C)C(=O)NC(C)C(=O)Nc1ccc(COC(=O)NCCN(CCNC(C)=O)C(=O)C[N+](C)(C)C)cc1. The number of amides is 6. The Hall–Kier alpha value is -4.53. The summed E-state index contributed by atoms with van der Waals surface area (Å²) >= 11 is 0. The third-order valence-corrected chi connectivity index (χ3v) is 5.90. The van der Waals surface area contributed by atoms with Crippen molar-refractivity contribution in [2.75, 3.05) is 65.7 Å². The summed E-state index contributed by atoms with van der Waals surface area (Å²) in [6.07, 6.45) is 0.833. The Morgan fingerprint density at radius 2 is 1.50 bits per heavy atom. The van der Waals surface area contributed by atoms with Crippen LogP contribution in [0.25, 0.3) is 0 Å². The molecule has 15 heteroatoms. The molecule has 0 aliphatic heterocycles.